The zero-order chi connectivity index (χ0) is 20.3. The van der Waals surface area contributed by atoms with Crippen molar-refractivity contribution in [1.82, 2.24) is 9.80 Å². The Bertz CT molecular complexity index is 704. The summed E-state index contributed by atoms with van der Waals surface area (Å²) in [5, 5.41) is 0. The maximum Gasteiger partial charge on any atom is 0.254 e. The highest BCUT2D eigenvalue weighted by atomic mass is 16.5. The number of amides is 2. The van der Waals surface area contributed by atoms with Crippen molar-refractivity contribution in [3.8, 4) is 11.5 Å². The Morgan fingerprint density at radius 1 is 1.00 bits per heavy atom. The Morgan fingerprint density at radius 3 is 2.11 bits per heavy atom. The van der Waals surface area contributed by atoms with Gasteiger partial charge in [0, 0.05) is 43.3 Å². The second-order valence-corrected chi connectivity index (χ2v) is 8.02. The number of methoxy groups -OCH3 is 2. The number of piperazine rings is 1. The molecule has 0 radical (unpaired) electrons. The van der Waals surface area contributed by atoms with Crippen LogP contribution in [0.1, 0.15) is 43.0 Å². The third-order valence-corrected chi connectivity index (χ3v) is 6.03. The van der Waals surface area contributed by atoms with Crippen LogP contribution in [0, 0.1) is 5.92 Å². The van der Waals surface area contributed by atoms with E-state index in [2.05, 4.69) is 0 Å². The van der Waals surface area contributed by atoms with Crippen molar-refractivity contribution < 1.29 is 19.1 Å². The first kappa shape index (κ1) is 20.5. The summed E-state index contributed by atoms with van der Waals surface area (Å²) in [6.45, 7) is 4.09. The Kier molecular flexibility index (Phi) is 6.13. The summed E-state index contributed by atoms with van der Waals surface area (Å²) in [5.74, 6) is 1.10. The number of carbonyl (C=O) groups excluding carboxylic acids is 2. The highest BCUT2D eigenvalue weighted by Gasteiger charge is 2.40. The van der Waals surface area contributed by atoms with Crippen LogP contribution in [0.4, 0.5) is 0 Å². The quantitative estimate of drug-likeness (QED) is 0.850. The van der Waals surface area contributed by atoms with Crippen molar-refractivity contribution in [2.24, 2.45) is 11.7 Å². The molecule has 7 heteroatoms. The largest absolute Gasteiger partial charge is 0.497 e. The number of hydrogen-bond acceptors (Lipinski definition) is 5. The number of nitrogens with two attached hydrogens (primary N) is 1. The van der Waals surface area contributed by atoms with Gasteiger partial charge in [-0.1, -0.05) is 12.8 Å². The maximum atomic E-state index is 13.0. The molecule has 2 unspecified atom stereocenters. The second kappa shape index (κ2) is 8.39. The molecular weight excluding hydrogens is 358 g/mol. The van der Waals surface area contributed by atoms with E-state index in [0.717, 1.165) is 25.7 Å². The lowest BCUT2D eigenvalue weighted by atomic mass is 9.74. The maximum absolute atomic E-state index is 13.0. The SMILES string of the molecule is COc1cc(OC)cc(C(=O)N2CCN(C(=O)C3CCCCC3(C)N)CC2)c1. The fraction of sp³-hybridized carbons (Fsp3) is 0.619. The molecule has 0 bridgehead atoms. The molecule has 2 atom stereocenters. The molecule has 1 aromatic rings. The molecule has 7 nitrogen and oxygen atoms in total. The molecule has 1 aliphatic heterocycles. The van der Waals surface area contributed by atoms with E-state index in [4.69, 9.17) is 15.2 Å². The second-order valence-electron chi connectivity index (χ2n) is 8.02. The van der Waals surface area contributed by atoms with Gasteiger partial charge in [0.25, 0.3) is 5.91 Å². The Morgan fingerprint density at radius 2 is 1.57 bits per heavy atom. The fourth-order valence-corrected chi connectivity index (χ4v) is 4.23. The van der Waals surface area contributed by atoms with Crippen molar-refractivity contribution in [2.45, 2.75) is 38.1 Å². The predicted molar refractivity (Wildman–Crippen MR) is 107 cm³/mol. The fourth-order valence-electron chi connectivity index (χ4n) is 4.23. The third-order valence-electron chi connectivity index (χ3n) is 6.03. The van der Waals surface area contributed by atoms with E-state index in [1.54, 1.807) is 37.3 Å². The van der Waals surface area contributed by atoms with Crippen LogP contribution in [0.5, 0.6) is 11.5 Å². The number of benzene rings is 1. The van der Waals surface area contributed by atoms with Crippen LogP contribution in [0.3, 0.4) is 0 Å². The van der Waals surface area contributed by atoms with Crippen LogP contribution in [0.15, 0.2) is 18.2 Å². The molecule has 154 valence electrons. The minimum absolute atomic E-state index is 0.0781. The van der Waals surface area contributed by atoms with Gasteiger partial charge in [-0.25, -0.2) is 0 Å². The standard InChI is InChI=1S/C21H31N3O4/c1-21(22)7-5-4-6-18(21)20(26)24-10-8-23(9-11-24)19(25)15-12-16(27-2)14-17(13-15)28-3/h12-14,18H,4-11,22H2,1-3H3. The minimum Gasteiger partial charge on any atom is -0.497 e. The van der Waals surface area contributed by atoms with E-state index >= 15 is 0 Å². The summed E-state index contributed by atoms with van der Waals surface area (Å²) in [5.41, 5.74) is 6.49. The lowest BCUT2D eigenvalue weighted by molar-refractivity contribution is -0.140. The first-order chi connectivity index (χ1) is 13.4. The summed E-state index contributed by atoms with van der Waals surface area (Å²) in [4.78, 5) is 29.6. The molecule has 2 fully saturated rings. The topological polar surface area (TPSA) is 85.1 Å². The molecule has 0 aromatic heterocycles. The Labute approximate surface area is 166 Å². The van der Waals surface area contributed by atoms with Crippen LogP contribution >= 0.6 is 0 Å². The van der Waals surface area contributed by atoms with Gasteiger partial charge in [0.15, 0.2) is 0 Å². The summed E-state index contributed by atoms with van der Waals surface area (Å²) in [6.07, 6.45) is 3.89. The lowest BCUT2D eigenvalue weighted by Gasteiger charge is -2.42. The molecule has 1 aromatic carbocycles. The van der Waals surface area contributed by atoms with Gasteiger partial charge in [0.2, 0.25) is 5.91 Å². The molecule has 1 saturated heterocycles. The average Bonchev–Trinajstić information content (AvgIpc) is 2.72. The number of carbonyl (C=O) groups is 2. The molecule has 1 heterocycles. The first-order valence-electron chi connectivity index (χ1n) is 9.95. The van der Waals surface area contributed by atoms with Crippen LogP contribution in [0.2, 0.25) is 0 Å². The van der Waals surface area contributed by atoms with Crippen molar-refractivity contribution >= 4 is 11.8 Å². The zero-order valence-electron chi connectivity index (χ0n) is 17.1. The molecule has 2 aliphatic rings. The van der Waals surface area contributed by atoms with E-state index in [9.17, 15) is 9.59 Å². The summed E-state index contributed by atoms with van der Waals surface area (Å²) < 4.78 is 10.5. The van der Waals surface area contributed by atoms with Crippen molar-refractivity contribution in [1.29, 1.82) is 0 Å². The van der Waals surface area contributed by atoms with Gasteiger partial charge in [-0.15, -0.1) is 0 Å². The van der Waals surface area contributed by atoms with E-state index in [-0.39, 0.29) is 17.7 Å². The highest BCUT2D eigenvalue weighted by molar-refractivity contribution is 5.95. The monoisotopic (exact) mass is 389 g/mol. The zero-order valence-corrected chi connectivity index (χ0v) is 17.1. The molecular formula is C21H31N3O4. The predicted octanol–water partition coefficient (Wildman–Crippen LogP) is 1.90. The van der Waals surface area contributed by atoms with E-state index in [0.29, 0.717) is 43.2 Å². The molecule has 28 heavy (non-hydrogen) atoms. The summed E-state index contributed by atoms with van der Waals surface area (Å²) in [6, 6.07) is 5.16. The smallest absolute Gasteiger partial charge is 0.254 e. The Hall–Kier alpha value is -2.28. The number of hydrogen-bond donors (Lipinski definition) is 1. The summed E-state index contributed by atoms with van der Waals surface area (Å²) >= 11 is 0. The van der Waals surface area contributed by atoms with Crippen molar-refractivity contribution in [3.05, 3.63) is 23.8 Å². The van der Waals surface area contributed by atoms with Gasteiger partial charge >= 0.3 is 0 Å². The Balaban J connectivity index is 1.63. The molecule has 1 aliphatic carbocycles. The van der Waals surface area contributed by atoms with Crippen molar-refractivity contribution in [3.63, 3.8) is 0 Å². The van der Waals surface area contributed by atoms with Gasteiger partial charge in [0.05, 0.1) is 20.1 Å². The highest BCUT2D eigenvalue weighted by Crippen LogP contribution is 2.33. The van der Waals surface area contributed by atoms with Crippen LogP contribution < -0.4 is 15.2 Å². The lowest BCUT2D eigenvalue weighted by Crippen LogP contribution is -2.57. The van der Waals surface area contributed by atoms with Gasteiger partial charge in [-0.2, -0.15) is 0 Å². The van der Waals surface area contributed by atoms with Crippen LogP contribution in [0.25, 0.3) is 0 Å². The van der Waals surface area contributed by atoms with Gasteiger partial charge in [-0.05, 0) is 31.9 Å². The summed E-state index contributed by atoms with van der Waals surface area (Å²) in [7, 11) is 3.12. The van der Waals surface area contributed by atoms with Crippen LogP contribution in [-0.2, 0) is 4.79 Å². The van der Waals surface area contributed by atoms with E-state index < -0.39 is 5.54 Å². The molecule has 1 saturated carbocycles. The number of rotatable bonds is 4. The van der Waals surface area contributed by atoms with Gasteiger partial charge < -0.3 is 25.0 Å². The minimum atomic E-state index is -0.431. The third kappa shape index (κ3) is 4.24. The normalized spacial score (nSPS) is 25.4. The average molecular weight is 389 g/mol. The number of ether oxygens (including phenoxy) is 2. The van der Waals surface area contributed by atoms with Gasteiger partial charge in [0.1, 0.15) is 11.5 Å². The molecule has 2 N–H and O–H groups in total. The van der Waals surface area contributed by atoms with Crippen molar-refractivity contribution in [2.75, 3.05) is 40.4 Å². The van der Waals surface area contributed by atoms with E-state index in [1.807, 2.05) is 11.8 Å². The van der Waals surface area contributed by atoms with Gasteiger partial charge in [-0.3, -0.25) is 9.59 Å². The number of nitrogens with zero attached hydrogens (tertiary/aromatic N) is 2. The first-order valence-corrected chi connectivity index (χ1v) is 9.95. The molecule has 0 spiro atoms. The van der Waals surface area contributed by atoms with E-state index in [1.165, 1.54) is 0 Å². The van der Waals surface area contributed by atoms with Crippen LogP contribution in [-0.4, -0.2) is 67.6 Å². The molecule has 3 rings (SSSR count). The molecule has 2 amide bonds.